The summed E-state index contributed by atoms with van der Waals surface area (Å²) >= 11 is 0. The van der Waals surface area contributed by atoms with E-state index < -0.39 is 11.9 Å². The SMILES string of the molecule is Cc1nc2ccc(C(=O)C(C)CC(=O)O)cc2o1. The molecule has 0 saturated heterocycles. The Balaban J connectivity index is 2.30. The lowest BCUT2D eigenvalue weighted by Crippen LogP contribution is -2.15. The fraction of sp³-hybridized carbons (Fsp3) is 0.308. The number of ketones is 1. The van der Waals surface area contributed by atoms with E-state index in [9.17, 15) is 9.59 Å². The van der Waals surface area contributed by atoms with Crippen LogP contribution in [0.2, 0.25) is 0 Å². The van der Waals surface area contributed by atoms with Crippen LogP contribution in [0.1, 0.15) is 29.6 Å². The van der Waals surface area contributed by atoms with Gasteiger partial charge in [0.2, 0.25) is 0 Å². The summed E-state index contributed by atoms with van der Waals surface area (Å²) in [4.78, 5) is 26.7. The van der Waals surface area contributed by atoms with Crippen molar-refractivity contribution in [3.63, 3.8) is 0 Å². The Morgan fingerprint density at radius 1 is 1.44 bits per heavy atom. The van der Waals surface area contributed by atoms with Gasteiger partial charge in [-0.25, -0.2) is 4.98 Å². The minimum atomic E-state index is -0.979. The van der Waals surface area contributed by atoms with Crippen LogP contribution in [0.5, 0.6) is 0 Å². The number of oxazole rings is 1. The third-order valence-corrected chi connectivity index (χ3v) is 2.71. The average molecular weight is 247 g/mol. The molecule has 1 aromatic carbocycles. The molecule has 0 fully saturated rings. The van der Waals surface area contributed by atoms with Crippen LogP contribution in [0, 0.1) is 12.8 Å². The highest BCUT2D eigenvalue weighted by Crippen LogP contribution is 2.19. The lowest BCUT2D eigenvalue weighted by atomic mass is 9.96. The first-order valence-electron chi connectivity index (χ1n) is 5.60. The molecule has 2 aromatic rings. The fourth-order valence-electron chi connectivity index (χ4n) is 1.83. The summed E-state index contributed by atoms with van der Waals surface area (Å²) in [7, 11) is 0. The smallest absolute Gasteiger partial charge is 0.304 e. The lowest BCUT2D eigenvalue weighted by molar-refractivity contribution is -0.137. The molecular formula is C13H13NO4. The second-order valence-corrected chi connectivity index (χ2v) is 4.28. The Morgan fingerprint density at radius 3 is 2.83 bits per heavy atom. The molecular weight excluding hydrogens is 234 g/mol. The summed E-state index contributed by atoms with van der Waals surface area (Å²) in [6, 6.07) is 4.95. The molecule has 0 radical (unpaired) electrons. The first kappa shape index (κ1) is 12.3. The largest absolute Gasteiger partial charge is 0.481 e. The van der Waals surface area contributed by atoms with E-state index in [1.807, 2.05) is 0 Å². The number of hydrogen-bond acceptors (Lipinski definition) is 4. The molecule has 1 N–H and O–H groups in total. The van der Waals surface area contributed by atoms with Gasteiger partial charge in [0, 0.05) is 18.4 Å². The summed E-state index contributed by atoms with van der Waals surface area (Å²) < 4.78 is 5.34. The van der Waals surface area contributed by atoms with Crippen molar-refractivity contribution in [1.82, 2.24) is 4.98 Å². The quantitative estimate of drug-likeness (QED) is 0.839. The summed E-state index contributed by atoms with van der Waals surface area (Å²) in [5.41, 5.74) is 1.68. The van der Waals surface area contributed by atoms with Gasteiger partial charge in [-0.2, -0.15) is 0 Å². The first-order chi connectivity index (χ1) is 8.47. The minimum Gasteiger partial charge on any atom is -0.481 e. The van der Waals surface area contributed by atoms with Crippen molar-refractivity contribution < 1.29 is 19.1 Å². The van der Waals surface area contributed by atoms with E-state index in [-0.39, 0.29) is 12.2 Å². The minimum absolute atomic E-state index is 0.174. The Morgan fingerprint density at radius 2 is 2.17 bits per heavy atom. The zero-order valence-corrected chi connectivity index (χ0v) is 10.1. The van der Waals surface area contributed by atoms with Gasteiger partial charge < -0.3 is 9.52 Å². The molecule has 94 valence electrons. The van der Waals surface area contributed by atoms with Crippen molar-refractivity contribution in [2.45, 2.75) is 20.3 Å². The molecule has 0 aliphatic carbocycles. The zero-order valence-electron chi connectivity index (χ0n) is 10.1. The van der Waals surface area contributed by atoms with E-state index in [1.165, 1.54) is 0 Å². The molecule has 0 saturated carbocycles. The Bertz CT molecular complexity index is 614. The number of nitrogens with zero attached hydrogens (tertiary/aromatic N) is 1. The number of fused-ring (bicyclic) bond motifs is 1. The highest BCUT2D eigenvalue weighted by molar-refractivity contribution is 6.01. The van der Waals surface area contributed by atoms with Crippen molar-refractivity contribution in [3.05, 3.63) is 29.7 Å². The number of aliphatic carboxylic acids is 1. The molecule has 0 aliphatic rings. The Labute approximate surface area is 103 Å². The predicted molar refractivity (Wildman–Crippen MR) is 64.5 cm³/mol. The number of hydrogen-bond donors (Lipinski definition) is 1. The van der Waals surface area contributed by atoms with Gasteiger partial charge >= 0.3 is 5.97 Å². The monoisotopic (exact) mass is 247 g/mol. The maximum absolute atomic E-state index is 12.0. The van der Waals surface area contributed by atoms with Gasteiger partial charge in [0.05, 0.1) is 6.42 Å². The molecule has 0 aliphatic heterocycles. The molecule has 5 heteroatoms. The van der Waals surface area contributed by atoms with Crippen LogP contribution in [0.4, 0.5) is 0 Å². The molecule has 5 nitrogen and oxygen atoms in total. The Hall–Kier alpha value is -2.17. The van der Waals surface area contributed by atoms with Crippen LogP contribution >= 0.6 is 0 Å². The number of carbonyl (C=O) groups excluding carboxylic acids is 1. The van der Waals surface area contributed by atoms with Crippen molar-refractivity contribution in [3.8, 4) is 0 Å². The van der Waals surface area contributed by atoms with E-state index in [1.54, 1.807) is 32.0 Å². The second kappa shape index (κ2) is 4.60. The maximum atomic E-state index is 12.0. The van der Waals surface area contributed by atoms with Crippen molar-refractivity contribution in [1.29, 1.82) is 0 Å². The van der Waals surface area contributed by atoms with Crippen LogP contribution in [-0.2, 0) is 4.79 Å². The highest BCUT2D eigenvalue weighted by Gasteiger charge is 2.19. The third kappa shape index (κ3) is 2.40. The molecule has 1 atom stereocenters. The van der Waals surface area contributed by atoms with E-state index >= 15 is 0 Å². The van der Waals surface area contributed by atoms with Gasteiger partial charge in [-0.05, 0) is 18.2 Å². The number of Topliss-reactive ketones (excluding diaryl/α,β-unsaturated/α-hetero) is 1. The normalized spacial score (nSPS) is 12.6. The summed E-state index contributed by atoms with van der Waals surface area (Å²) in [5.74, 6) is -1.20. The molecule has 0 bridgehead atoms. The van der Waals surface area contributed by atoms with Crippen LogP contribution in [0.25, 0.3) is 11.1 Å². The van der Waals surface area contributed by atoms with Gasteiger partial charge in [-0.15, -0.1) is 0 Å². The highest BCUT2D eigenvalue weighted by atomic mass is 16.4. The molecule has 1 aromatic heterocycles. The van der Waals surface area contributed by atoms with Crippen LogP contribution < -0.4 is 0 Å². The number of carbonyl (C=O) groups is 2. The standard InChI is InChI=1S/C13H13NO4/c1-7(5-12(15)16)13(17)9-3-4-10-11(6-9)18-8(2)14-10/h3-4,6-7H,5H2,1-2H3,(H,15,16). The topological polar surface area (TPSA) is 80.4 Å². The predicted octanol–water partition coefficient (Wildman–Crippen LogP) is 2.43. The number of rotatable bonds is 4. The van der Waals surface area contributed by atoms with Gasteiger partial charge in [0.15, 0.2) is 17.3 Å². The zero-order chi connectivity index (χ0) is 13.3. The number of carboxylic acids is 1. The second-order valence-electron chi connectivity index (χ2n) is 4.28. The van der Waals surface area contributed by atoms with Gasteiger partial charge in [0.1, 0.15) is 5.52 Å². The fourth-order valence-corrected chi connectivity index (χ4v) is 1.83. The Kier molecular flexibility index (Phi) is 3.14. The van der Waals surface area contributed by atoms with E-state index in [0.717, 1.165) is 0 Å². The van der Waals surface area contributed by atoms with Gasteiger partial charge in [0.25, 0.3) is 0 Å². The number of benzene rings is 1. The molecule has 1 heterocycles. The van der Waals surface area contributed by atoms with Gasteiger partial charge in [-0.3, -0.25) is 9.59 Å². The molecule has 2 rings (SSSR count). The summed E-state index contributed by atoms with van der Waals surface area (Å²) in [6.07, 6.45) is -0.174. The van der Waals surface area contributed by atoms with Gasteiger partial charge in [-0.1, -0.05) is 6.92 Å². The summed E-state index contributed by atoms with van der Waals surface area (Å²) in [5, 5.41) is 8.67. The molecule has 0 spiro atoms. The first-order valence-corrected chi connectivity index (χ1v) is 5.60. The van der Waals surface area contributed by atoms with E-state index in [4.69, 9.17) is 9.52 Å². The van der Waals surface area contributed by atoms with E-state index in [2.05, 4.69) is 4.98 Å². The van der Waals surface area contributed by atoms with Crippen molar-refractivity contribution >= 4 is 22.9 Å². The number of aryl methyl sites for hydroxylation is 1. The van der Waals surface area contributed by atoms with Crippen molar-refractivity contribution in [2.75, 3.05) is 0 Å². The van der Waals surface area contributed by atoms with E-state index in [0.29, 0.717) is 22.6 Å². The van der Waals surface area contributed by atoms with Crippen molar-refractivity contribution in [2.24, 2.45) is 5.92 Å². The number of carboxylic acid groups (broad SMARTS) is 1. The maximum Gasteiger partial charge on any atom is 0.304 e. The number of aromatic nitrogens is 1. The molecule has 1 unspecified atom stereocenters. The van der Waals surface area contributed by atoms with Crippen LogP contribution in [0.15, 0.2) is 22.6 Å². The summed E-state index contributed by atoms with van der Waals surface area (Å²) in [6.45, 7) is 3.33. The van der Waals surface area contributed by atoms with Crippen LogP contribution in [0.3, 0.4) is 0 Å². The third-order valence-electron chi connectivity index (χ3n) is 2.71. The molecule has 0 amide bonds. The van der Waals surface area contributed by atoms with Crippen LogP contribution in [-0.4, -0.2) is 21.8 Å². The average Bonchev–Trinajstić information content (AvgIpc) is 2.65. The lowest BCUT2D eigenvalue weighted by Gasteiger charge is -2.07. The molecule has 18 heavy (non-hydrogen) atoms.